The van der Waals surface area contributed by atoms with Crippen molar-refractivity contribution in [2.75, 3.05) is 20.1 Å². The minimum absolute atomic E-state index is 0.236. The number of rotatable bonds is 5. The van der Waals surface area contributed by atoms with Crippen molar-refractivity contribution >= 4 is 0 Å². The molecule has 1 nitrogen and oxygen atoms in total. The molecular weight excluding hydrogens is 218 g/mol. The fourth-order valence-corrected chi connectivity index (χ4v) is 1.69. The van der Waals surface area contributed by atoms with Crippen LogP contribution in [0.5, 0.6) is 0 Å². The molecule has 0 unspecified atom stereocenters. The Labute approximate surface area is 116 Å². The minimum Gasteiger partial charge on any atom is -0.305 e. The first-order valence-corrected chi connectivity index (χ1v) is 7.14. The molecule has 0 saturated heterocycles. The van der Waals surface area contributed by atoms with Gasteiger partial charge in [-0.05, 0) is 29.7 Å². The molecule has 0 N–H and O–H groups in total. The molecule has 0 aromatic carbocycles. The first-order valence-electron chi connectivity index (χ1n) is 7.14. The largest absolute Gasteiger partial charge is 0.305 e. The molecule has 0 bridgehead atoms. The molecule has 0 spiro atoms. The van der Waals surface area contributed by atoms with Crippen molar-refractivity contribution < 1.29 is 0 Å². The highest BCUT2D eigenvalue weighted by Crippen LogP contribution is 2.38. The minimum atomic E-state index is 0.236. The van der Waals surface area contributed by atoms with Crippen LogP contribution in [-0.2, 0) is 0 Å². The maximum absolute atomic E-state index is 4.22. The summed E-state index contributed by atoms with van der Waals surface area (Å²) in [6.45, 7) is 24.9. The zero-order valence-electron chi connectivity index (χ0n) is 14.3. The van der Waals surface area contributed by atoms with Crippen LogP contribution in [0.2, 0.25) is 0 Å². The van der Waals surface area contributed by atoms with Gasteiger partial charge in [0.25, 0.3) is 0 Å². The van der Waals surface area contributed by atoms with Gasteiger partial charge in [0.2, 0.25) is 0 Å². The Hall–Kier alpha value is -0.300. The van der Waals surface area contributed by atoms with E-state index in [0.717, 1.165) is 19.5 Å². The molecule has 18 heavy (non-hydrogen) atoms. The van der Waals surface area contributed by atoms with Crippen molar-refractivity contribution in [3.63, 3.8) is 0 Å². The van der Waals surface area contributed by atoms with Crippen LogP contribution in [0.1, 0.15) is 61.8 Å². The Morgan fingerprint density at radius 3 is 1.72 bits per heavy atom. The predicted octanol–water partition coefficient (Wildman–Crippen LogP) is 4.98. The van der Waals surface area contributed by atoms with Crippen molar-refractivity contribution in [2.45, 2.75) is 61.8 Å². The van der Waals surface area contributed by atoms with Crippen LogP contribution in [-0.4, -0.2) is 25.0 Å². The Bertz CT molecular complexity index is 273. The average molecular weight is 253 g/mol. The highest BCUT2D eigenvalue weighted by atomic mass is 15.1. The van der Waals surface area contributed by atoms with Gasteiger partial charge in [0.05, 0.1) is 0 Å². The molecule has 0 atom stereocenters. The Balaban J connectivity index is 4.30. The van der Waals surface area contributed by atoms with Gasteiger partial charge in [-0.1, -0.05) is 67.5 Å². The monoisotopic (exact) mass is 253 g/mol. The number of hydrogen-bond acceptors (Lipinski definition) is 1. The molecule has 1 heteroatoms. The zero-order valence-corrected chi connectivity index (χ0v) is 14.3. The normalized spacial score (nSPS) is 14.1. The van der Waals surface area contributed by atoms with Gasteiger partial charge in [-0.2, -0.15) is 0 Å². The third-order valence-corrected chi connectivity index (χ3v) is 4.55. The smallest absolute Gasteiger partial charge is 0.00348 e. The molecule has 0 heterocycles. The van der Waals surface area contributed by atoms with Crippen molar-refractivity contribution in [3.05, 3.63) is 12.2 Å². The van der Waals surface area contributed by atoms with Crippen LogP contribution in [0.4, 0.5) is 0 Å². The van der Waals surface area contributed by atoms with E-state index in [1.165, 1.54) is 5.57 Å². The van der Waals surface area contributed by atoms with Crippen LogP contribution < -0.4 is 0 Å². The molecule has 0 aliphatic carbocycles. The summed E-state index contributed by atoms with van der Waals surface area (Å²) in [4.78, 5) is 2.45. The quantitative estimate of drug-likeness (QED) is 0.624. The van der Waals surface area contributed by atoms with E-state index in [-0.39, 0.29) is 5.41 Å². The summed E-state index contributed by atoms with van der Waals surface area (Å²) in [6.07, 6.45) is 1.10. The third kappa shape index (κ3) is 5.56. The number of nitrogens with zero attached hydrogens (tertiary/aromatic N) is 1. The summed E-state index contributed by atoms with van der Waals surface area (Å²) >= 11 is 0. The van der Waals surface area contributed by atoms with E-state index in [1.54, 1.807) is 0 Å². The molecule has 0 saturated carbocycles. The summed E-state index contributed by atoms with van der Waals surface area (Å²) in [6, 6.07) is 0. The van der Waals surface area contributed by atoms with E-state index in [9.17, 15) is 0 Å². The molecule has 0 amide bonds. The van der Waals surface area contributed by atoms with Gasteiger partial charge in [-0.3, -0.25) is 0 Å². The van der Waals surface area contributed by atoms with E-state index < -0.39 is 0 Å². The van der Waals surface area contributed by atoms with Crippen molar-refractivity contribution in [1.82, 2.24) is 4.90 Å². The third-order valence-electron chi connectivity index (χ3n) is 4.55. The van der Waals surface area contributed by atoms with Crippen molar-refractivity contribution in [3.8, 4) is 0 Å². The molecule has 0 rings (SSSR count). The summed E-state index contributed by atoms with van der Waals surface area (Å²) in [5.74, 6) is 0. The van der Waals surface area contributed by atoms with Gasteiger partial charge in [-0.25, -0.2) is 0 Å². The highest BCUT2D eigenvalue weighted by Gasteiger charge is 2.33. The summed E-state index contributed by atoms with van der Waals surface area (Å²) in [7, 11) is 2.23. The van der Waals surface area contributed by atoms with Crippen LogP contribution >= 0.6 is 0 Å². The van der Waals surface area contributed by atoms with Gasteiger partial charge in [0.1, 0.15) is 0 Å². The van der Waals surface area contributed by atoms with E-state index in [2.05, 4.69) is 73.9 Å². The lowest BCUT2D eigenvalue weighted by Gasteiger charge is -2.41. The summed E-state index contributed by atoms with van der Waals surface area (Å²) in [5.41, 5.74) is 2.25. The lowest BCUT2D eigenvalue weighted by molar-refractivity contribution is 0.0820. The maximum atomic E-state index is 4.22. The van der Waals surface area contributed by atoms with Gasteiger partial charge in [0, 0.05) is 13.1 Å². The Morgan fingerprint density at radius 1 is 0.944 bits per heavy atom. The lowest BCUT2D eigenvalue weighted by atomic mass is 9.69. The van der Waals surface area contributed by atoms with Crippen molar-refractivity contribution in [2.24, 2.45) is 16.2 Å². The van der Waals surface area contributed by atoms with E-state index in [0.29, 0.717) is 10.8 Å². The van der Waals surface area contributed by atoms with Crippen LogP contribution in [0.25, 0.3) is 0 Å². The maximum Gasteiger partial charge on any atom is 0.00348 e. The van der Waals surface area contributed by atoms with E-state index in [4.69, 9.17) is 0 Å². The summed E-state index contributed by atoms with van der Waals surface area (Å²) < 4.78 is 0. The fraction of sp³-hybridized carbons (Fsp3) is 0.882. The van der Waals surface area contributed by atoms with Gasteiger partial charge < -0.3 is 4.90 Å². The van der Waals surface area contributed by atoms with Crippen molar-refractivity contribution in [1.29, 1.82) is 0 Å². The SMILES string of the molecule is C=C(CCN(C)CC(C)(C)C(C)(C)C)C(C)(C)C. The molecule has 0 aliphatic rings. The number of hydrogen-bond donors (Lipinski definition) is 0. The van der Waals surface area contributed by atoms with Crippen LogP contribution in [0, 0.1) is 16.2 Å². The highest BCUT2D eigenvalue weighted by molar-refractivity contribution is 5.05. The summed E-state index contributed by atoms with van der Waals surface area (Å²) in [5, 5.41) is 0. The topological polar surface area (TPSA) is 3.24 Å². The molecule has 108 valence electrons. The second-order valence-electron chi connectivity index (χ2n) is 8.48. The molecule has 0 radical (unpaired) electrons. The molecule has 0 aromatic heterocycles. The van der Waals surface area contributed by atoms with Crippen LogP contribution in [0.15, 0.2) is 12.2 Å². The van der Waals surface area contributed by atoms with E-state index in [1.807, 2.05) is 0 Å². The Kier molecular flexibility index (Phi) is 5.68. The zero-order chi connectivity index (χ0) is 14.8. The second kappa shape index (κ2) is 5.77. The Morgan fingerprint density at radius 2 is 1.39 bits per heavy atom. The van der Waals surface area contributed by atoms with Gasteiger partial charge in [0.15, 0.2) is 0 Å². The predicted molar refractivity (Wildman–Crippen MR) is 83.9 cm³/mol. The van der Waals surface area contributed by atoms with Gasteiger partial charge in [-0.15, -0.1) is 0 Å². The standard InChI is InChI=1S/C17H35N/c1-14(15(2,3)4)11-12-18(10)13-17(8,9)16(5,6)7/h1,11-13H2,2-10H3. The fourth-order valence-electron chi connectivity index (χ4n) is 1.69. The van der Waals surface area contributed by atoms with Gasteiger partial charge >= 0.3 is 0 Å². The molecule has 0 aromatic rings. The van der Waals surface area contributed by atoms with E-state index >= 15 is 0 Å². The van der Waals surface area contributed by atoms with Crippen LogP contribution in [0.3, 0.4) is 0 Å². The molecule has 0 aliphatic heterocycles. The lowest BCUT2D eigenvalue weighted by Crippen LogP contribution is -2.40. The first-order chi connectivity index (χ1) is 7.77. The molecular formula is C17H35N. The average Bonchev–Trinajstić information content (AvgIpc) is 2.09. The second-order valence-corrected chi connectivity index (χ2v) is 8.48. The molecule has 0 fully saturated rings. The first kappa shape index (κ1) is 17.7.